The maximum atomic E-state index is 11.3. The molecule has 2 atom stereocenters. The maximum absolute atomic E-state index is 11.3. The van der Waals surface area contributed by atoms with Crippen molar-refractivity contribution in [1.82, 2.24) is 0 Å². The smallest absolute Gasteiger partial charge is 0.331 e. The Balaban J connectivity index is 1.99. The molecular formula is C25H37NO2. The quantitative estimate of drug-likeness (QED) is 0.443. The average molecular weight is 384 g/mol. The van der Waals surface area contributed by atoms with Crippen molar-refractivity contribution in [2.45, 2.75) is 80.1 Å². The van der Waals surface area contributed by atoms with E-state index in [1.807, 2.05) is 13.0 Å². The first-order valence-electron chi connectivity index (χ1n) is 10.8. The molecule has 0 saturated heterocycles. The number of hydrogen-bond acceptors (Lipinski definition) is 2. The van der Waals surface area contributed by atoms with Gasteiger partial charge in [-0.05, 0) is 80.8 Å². The average Bonchev–Trinajstić information content (AvgIpc) is 3.42. The first-order valence-corrected chi connectivity index (χ1v) is 10.8. The number of carbonyl (C=O) groups is 1. The normalized spacial score (nSPS) is 31.9. The molecule has 28 heavy (non-hydrogen) atoms. The van der Waals surface area contributed by atoms with Crippen LogP contribution in [0.4, 0.5) is 0 Å². The summed E-state index contributed by atoms with van der Waals surface area (Å²) >= 11 is 0. The van der Waals surface area contributed by atoms with Crippen LogP contribution in [-0.4, -0.2) is 11.1 Å². The van der Waals surface area contributed by atoms with E-state index in [2.05, 4.69) is 40.7 Å². The Morgan fingerprint density at radius 1 is 1.18 bits per heavy atom. The molecule has 3 aliphatic rings. The Morgan fingerprint density at radius 3 is 2.36 bits per heavy atom. The monoisotopic (exact) mass is 383 g/mol. The van der Waals surface area contributed by atoms with Gasteiger partial charge in [-0.25, -0.2) is 4.79 Å². The molecule has 3 rings (SSSR count). The van der Waals surface area contributed by atoms with Crippen molar-refractivity contribution < 1.29 is 9.90 Å². The zero-order valence-corrected chi connectivity index (χ0v) is 18.5. The van der Waals surface area contributed by atoms with E-state index in [9.17, 15) is 9.90 Å². The van der Waals surface area contributed by atoms with Crippen LogP contribution < -0.4 is 5.73 Å². The van der Waals surface area contributed by atoms with Crippen LogP contribution in [0.15, 0.2) is 46.2 Å². The SMILES string of the molecule is CC/C(=C\C=C(/N)C1(C2CC3(C)CCC(C)(C)C(=C3C)C=C2C)CC1)C(=O)O. The second kappa shape index (κ2) is 6.93. The highest BCUT2D eigenvalue weighted by Crippen LogP contribution is 2.64. The summed E-state index contributed by atoms with van der Waals surface area (Å²) < 4.78 is 0. The minimum absolute atomic E-state index is 0.0000883. The zero-order valence-electron chi connectivity index (χ0n) is 18.5. The summed E-state index contributed by atoms with van der Waals surface area (Å²) in [5, 5.41) is 9.29. The minimum Gasteiger partial charge on any atom is -0.478 e. The molecule has 3 heteroatoms. The topological polar surface area (TPSA) is 63.3 Å². The van der Waals surface area contributed by atoms with Crippen molar-refractivity contribution in [1.29, 1.82) is 0 Å². The molecule has 0 aromatic heterocycles. The lowest BCUT2D eigenvalue weighted by Gasteiger charge is -2.44. The molecule has 2 bridgehead atoms. The van der Waals surface area contributed by atoms with E-state index in [4.69, 9.17) is 5.73 Å². The predicted molar refractivity (Wildman–Crippen MR) is 116 cm³/mol. The van der Waals surface area contributed by atoms with E-state index in [0.717, 1.165) is 25.0 Å². The van der Waals surface area contributed by atoms with Crippen LogP contribution in [0.2, 0.25) is 0 Å². The van der Waals surface area contributed by atoms with Gasteiger partial charge in [0.05, 0.1) is 0 Å². The molecule has 0 spiro atoms. The second-order valence-corrected chi connectivity index (χ2v) is 10.3. The van der Waals surface area contributed by atoms with E-state index >= 15 is 0 Å². The molecule has 154 valence electrons. The molecule has 0 amide bonds. The first kappa shape index (κ1) is 21.0. The van der Waals surface area contributed by atoms with Gasteiger partial charge in [-0.1, -0.05) is 51.0 Å². The van der Waals surface area contributed by atoms with Gasteiger partial charge in [-0.15, -0.1) is 0 Å². The highest BCUT2D eigenvalue weighted by Gasteiger charge is 2.55. The summed E-state index contributed by atoms with van der Waals surface area (Å²) in [5.41, 5.74) is 12.9. The van der Waals surface area contributed by atoms with Gasteiger partial charge < -0.3 is 10.8 Å². The van der Waals surface area contributed by atoms with Gasteiger partial charge in [0.1, 0.15) is 0 Å². The molecule has 2 unspecified atom stereocenters. The van der Waals surface area contributed by atoms with Crippen molar-refractivity contribution in [3.05, 3.63) is 46.2 Å². The van der Waals surface area contributed by atoms with Gasteiger partial charge in [0, 0.05) is 16.7 Å². The van der Waals surface area contributed by atoms with Crippen molar-refractivity contribution in [2.75, 3.05) is 0 Å². The summed E-state index contributed by atoms with van der Waals surface area (Å²) in [7, 11) is 0. The van der Waals surface area contributed by atoms with Crippen molar-refractivity contribution in [3.8, 4) is 0 Å². The fraction of sp³-hybridized carbons (Fsp3) is 0.640. The van der Waals surface area contributed by atoms with E-state index in [1.165, 1.54) is 24.0 Å². The van der Waals surface area contributed by atoms with Gasteiger partial charge in [0.2, 0.25) is 0 Å². The van der Waals surface area contributed by atoms with Crippen molar-refractivity contribution in [3.63, 3.8) is 0 Å². The molecule has 0 aromatic rings. The van der Waals surface area contributed by atoms with Crippen LogP contribution >= 0.6 is 0 Å². The summed E-state index contributed by atoms with van der Waals surface area (Å²) in [6.07, 6.45) is 12.3. The highest BCUT2D eigenvalue weighted by atomic mass is 16.4. The standard InChI is InChI=1S/C25H37NO2/c1-7-18(22(27)28)8-9-21(26)25(12-13-25)20-15-24(6)11-10-23(4,5)19(17(24)3)14-16(20)2/h8-9,14,20H,7,10-13,15,26H2,1-6H3,(H,27,28)/b18-8+,21-9-. The molecule has 0 aromatic carbocycles. The maximum Gasteiger partial charge on any atom is 0.331 e. The third-order valence-corrected chi connectivity index (χ3v) is 8.07. The fourth-order valence-electron chi connectivity index (χ4n) is 5.54. The van der Waals surface area contributed by atoms with Crippen LogP contribution in [0.5, 0.6) is 0 Å². The Labute approximate surface area is 170 Å². The van der Waals surface area contributed by atoms with Gasteiger partial charge >= 0.3 is 5.97 Å². The van der Waals surface area contributed by atoms with Crippen LogP contribution in [0.25, 0.3) is 0 Å². The van der Waals surface area contributed by atoms with Gasteiger partial charge in [0.15, 0.2) is 0 Å². The molecule has 3 N–H and O–H groups in total. The minimum atomic E-state index is -0.855. The van der Waals surface area contributed by atoms with E-state index in [-0.39, 0.29) is 16.2 Å². The largest absolute Gasteiger partial charge is 0.478 e. The number of rotatable bonds is 5. The third kappa shape index (κ3) is 3.38. The van der Waals surface area contributed by atoms with Crippen LogP contribution in [-0.2, 0) is 4.79 Å². The molecule has 0 aliphatic heterocycles. The lowest BCUT2D eigenvalue weighted by atomic mass is 9.60. The highest BCUT2D eigenvalue weighted by molar-refractivity contribution is 5.86. The summed E-state index contributed by atoms with van der Waals surface area (Å²) in [6, 6.07) is 0. The number of nitrogens with two attached hydrogens (primary N) is 1. The molecule has 0 heterocycles. The van der Waals surface area contributed by atoms with Gasteiger partial charge in [0.25, 0.3) is 0 Å². The Hall–Kier alpha value is -1.77. The zero-order chi connectivity index (χ0) is 20.9. The van der Waals surface area contributed by atoms with Crippen molar-refractivity contribution in [2.24, 2.45) is 27.9 Å². The van der Waals surface area contributed by atoms with Gasteiger partial charge in [-0.3, -0.25) is 0 Å². The Kier molecular flexibility index (Phi) is 5.19. The van der Waals surface area contributed by atoms with Crippen molar-refractivity contribution >= 4 is 5.97 Å². The van der Waals surface area contributed by atoms with Crippen LogP contribution in [0, 0.1) is 22.2 Å². The molecule has 1 fully saturated rings. The first-order chi connectivity index (χ1) is 13.0. The Morgan fingerprint density at radius 2 is 1.82 bits per heavy atom. The summed E-state index contributed by atoms with van der Waals surface area (Å²) in [5.74, 6) is -0.425. The molecular weight excluding hydrogens is 346 g/mol. The van der Waals surface area contributed by atoms with Crippen LogP contribution in [0.1, 0.15) is 80.1 Å². The number of fused-ring (bicyclic) bond motifs is 1. The third-order valence-electron chi connectivity index (χ3n) is 8.07. The lowest BCUT2D eigenvalue weighted by Crippen LogP contribution is -2.33. The molecule has 3 aliphatic carbocycles. The number of hydrogen-bond donors (Lipinski definition) is 2. The molecule has 3 nitrogen and oxygen atoms in total. The predicted octanol–water partition coefficient (Wildman–Crippen LogP) is 6.14. The molecule has 0 radical (unpaired) electrons. The van der Waals surface area contributed by atoms with E-state index < -0.39 is 5.97 Å². The fourth-order valence-corrected chi connectivity index (χ4v) is 5.54. The number of allylic oxidation sites excluding steroid dienone is 7. The van der Waals surface area contributed by atoms with Gasteiger partial charge in [-0.2, -0.15) is 0 Å². The Bertz CT molecular complexity index is 804. The molecule has 1 saturated carbocycles. The second-order valence-electron chi connectivity index (χ2n) is 10.3. The number of carboxylic acids is 1. The number of carboxylic acid groups (broad SMARTS) is 1. The van der Waals surface area contributed by atoms with E-state index in [1.54, 1.807) is 11.6 Å². The summed E-state index contributed by atoms with van der Waals surface area (Å²) in [6.45, 7) is 13.7. The lowest BCUT2D eigenvalue weighted by molar-refractivity contribution is -0.132. The van der Waals surface area contributed by atoms with E-state index in [0.29, 0.717) is 17.9 Å². The summed E-state index contributed by atoms with van der Waals surface area (Å²) in [4.78, 5) is 11.3. The number of aliphatic carboxylic acids is 1. The van der Waals surface area contributed by atoms with Crippen LogP contribution in [0.3, 0.4) is 0 Å².